The van der Waals surface area contributed by atoms with Crippen molar-refractivity contribution in [1.82, 2.24) is 0 Å². The van der Waals surface area contributed by atoms with Crippen LogP contribution in [0.25, 0.3) is 0 Å². The first kappa shape index (κ1) is 4.55. The van der Waals surface area contributed by atoms with Crippen molar-refractivity contribution < 1.29 is 19.3 Å². The molecule has 40 valence electrons. The lowest BCUT2D eigenvalue weighted by molar-refractivity contribution is -0.146. The van der Waals surface area contributed by atoms with Crippen molar-refractivity contribution in [3.8, 4) is 0 Å². The molecular weight excluding hydrogens is 100 g/mol. The molecule has 0 atom stereocenters. The number of rotatable bonds is 1. The van der Waals surface area contributed by atoms with Gasteiger partial charge in [-0.3, -0.25) is 4.79 Å². The van der Waals surface area contributed by atoms with Crippen LogP contribution in [0.5, 0.6) is 0 Å². The third-order valence-corrected chi connectivity index (χ3v) is 0.437. The van der Waals surface area contributed by atoms with Gasteiger partial charge in [-0.15, -0.1) is 0 Å². The fraction of sp³-hybridized carbons (Fsp3) is 0.667. The monoisotopic (exact) mass is 104 g/mol. The van der Waals surface area contributed by atoms with E-state index < -0.39 is 12.4 Å². The van der Waals surface area contributed by atoms with Crippen molar-refractivity contribution in [1.29, 1.82) is 0 Å². The van der Waals surface area contributed by atoms with Gasteiger partial charge in [0.1, 0.15) is 0 Å². The Labute approximate surface area is 39.9 Å². The molecule has 0 radical (unpaired) electrons. The quantitative estimate of drug-likeness (QED) is 0.262. The molecule has 7 heavy (non-hydrogen) atoms. The van der Waals surface area contributed by atoms with Crippen LogP contribution in [-0.2, 0) is 19.3 Å². The first-order chi connectivity index (χ1) is 3.29. The molecule has 0 amide bonds. The smallest absolute Gasteiger partial charge is 0.373 e. The third-order valence-electron chi connectivity index (χ3n) is 0.437. The van der Waals surface area contributed by atoms with Crippen LogP contribution in [-0.4, -0.2) is 12.4 Å². The van der Waals surface area contributed by atoms with Gasteiger partial charge in [0.2, 0.25) is 0 Å². The van der Waals surface area contributed by atoms with Crippen LogP contribution in [0.15, 0.2) is 0 Å². The zero-order chi connectivity index (χ0) is 5.28. The summed E-state index contributed by atoms with van der Waals surface area (Å²) in [5.74, 6) is -0.400. The summed E-state index contributed by atoms with van der Waals surface area (Å²) in [5, 5.41) is 0. The van der Waals surface area contributed by atoms with Crippen molar-refractivity contribution in [2.75, 3.05) is 0 Å². The maximum atomic E-state index is 9.91. The van der Waals surface area contributed by atoms with Gasteiger partial charge in [0.05, 0.1) is 0 Å². The van der Waals surface area contributed by atoms with E-state index in [2.05, 4.69) is 14.5 Å². The number of carbonyl (C=O) groups is 1. The molecule has 0 aromatic rings. The molecule has 0 aromatic heterocycles. The first-order valence-electron chi connectivity index (χ1n) is 1.78. The van der Waals surface area contributed by atoms with Gasteiger partial charge >= 0.3 is 12.4 Å². The average molecular weight is 104 g/mol. The molecule has 4 nitrogen and oxygen atoms in total. The minimum Gasteiger partial charge on any atom is -0.407 e. The highest BCUT2D eigenvalue weighted by molar-refractivity contribution is 5.65. The Morgan fingerprint density at radius 3 is 2.43 bits per heavy atom. The zero-order valence-electron chi connectivity index (χ0n) is 3.71. The Hall–Kier alpha value is -0.610. The van der Waals surface area contributed by atoms with E-state index in [1.807, 2.05) is 0 Å². The predicted octanol–water partition coefficient (Wildman–Crippen LogP) is -0.205. The molecule has 1 fully saturated rings. The van der Waals surface area contributed by atoms with Gasteiger partial charge in [-0.05, 0) is 0 Å². The van der Waals surface area contributed by atoms with E-state index in [1.54, 1.807) is 0 Å². The molecule has 0 unspecified atom stereocenters. The second kappa shape index (κ2) is 1.48. The zero-order valence-corrected chi connectivity index (χ0v) is 3.71. The van der Waals surface area contributed by atoms with Gasteiger partial charge in [-0.2, -0.15) is 9.78 Å². The number of esters is 1. The van der Waals surface area contributed by atoms with Crippen LogP contribution in [0.1, 0.15) is 6.92 Å². The number of hydrogen-bond donors (Lipinski definition) is 0. The third kappa shape index (κ3) is 1.52. The minimum atomic E-state index is -0.725. The Balaban J connectivity index is 2.08. The first-order valence-corrected chi connectivity index (χ1v) is 1.78. The fourth-order valence-corrected chi connectivity index (χ4v) is 0.197. The molecule has 1 heterocycles. The van der Waals surface area contributed by atoms with Crippen LogP contribution in [0.2, 0.25) is 0 Å². The highest BCUT2D eigenvalue weighted by atomic mass is 17.4. The summed E-state index contributed by atoms with van der Waals surface area (Å²) in [4.78, 5) is 18.1. The van der Waals surface area contributed by atoms with Crippen molar-refractivity contribution in [2.24, 2.45) is 0 Å². The van der Waals surface area contributed by atoms with Gasteiger partial charge in [-0.25, -0.2) is 0 Å². The van der Waals surface area contributed by atoms with Gasteiger partial charge in [0.15, 0.2) is 0 Å². The largest absolute Gasteiger partial charge is 0.407 e. The molecule has 0 spiro atoms. The fourth-order valence-electron chi connectivity index (χ4n) is 0.197. The summed E-state index contributed by atoms with van der Waals surface area (Å²) in [6.45, 7) is 0.558. The summed E-state index contributed by atoms with van der Waals surface area (Å²) in [7, 11) is 0. The lowest BCUT2D eigenvalue weighted by Gasteiger charge is -1.85. The van der Waals surface area contributed by atoms with E-state index in [-0.39, 0.29) is 0 Å². The molecule has 0 aromatic carbocycles. The van der Waals surface area contributed by atoms with Gasteiger partial charge < -0.3 is 4.74 Å². The summed E-state index contributed by atoms with van der Waals surface area (Å²) >= 11 is 0. The maximum absolute atomic E-state index is 9.91. The highest BCUT2D eigenvalue weighted by Gasteiger charge is 2.28. The maximum Gasteiger partial charge on any atom is 0.373 e. The van der Waals surface area contributed by atoms with Crippen LogP contribution in [0.3, 0.4) is 0 Å². The standard InChI is InChI=1S/C3H4O4/c1-2(4)5-3-6-7-3/h3H,1H3. The van der Waals surface area contributed by atoms with Crippen molar-refractivity contribution >= 4 is 5.97 Å². The van der Waals surface area contributed by atoms with Crippen LogP contribution < -0.4 is 0 Å². The molecule has 1 rings (SSSR count). The Bertz CT molecular complexity index is 84.9. The van der Waals surface area contributed by atoms with Gasteiger partial charge in [0, 0.05) is 6.92 Å². The summed E-state index contributed by atoms with van der Waals surface area (Å²) < 4.78 is 4.28. The number of carbonyl (C=O) groups excluding carboxylic acids is 1. The van der Waals surface area contributed by atoms with E-state index in [9.17, 15) is 4.79 Å². The van der Waals surface area contributed by atoms with E-state index >= 15 is 0 Å². The summed E-state index contributed by atoms with van der Waals surface area (Å²) in [6, 6.07) is 0. The van der Waals surface area contributed by atoms with Crippen molar-refractivity contribution in [3.05, 3.63) is 0 Å². The van der Waals surface area contributed by atoms with Crippen molar-refractivity contribution in [2.45, 2.75) is 13.4 Å². The highest BCUT2D eigenvalue weighted by Crippen LogP contribution is 2.12. The summed E-state index contributed by atoms with van der Waals surface area (Å²) in [5.41, 5.74) is 0. The number of hydrogen-bond acceptors (Lipinski definition) is 4. The minimum absolute atomic E-state index is 0.400. The molecule has 4 heteroatoms. The van der Waals surface area contributed by atoms with Crippen molar-refractivity contribution in [3.63, 3.8) is 0 Å². The van der Waals surface area contributed by atoms with E-state index in [0.717, 1.165) is 0 Å². The molecule has 1 aliphatic heterocycles. The SMILES string of the molecule is CC(=O)OC1OO1. The predicted molar refractivity (Wildman–Crippen MR) is 17.7 cm³/mol. The van der Waals surface area contributed by atoms with E-state index in [1.165, 1.54) is 6.92 Å². The Kier molecular flexibility index (Phi) is 0.958. The Morgan fingerprint density at radius 1 is 1.71 bits per heavy atom. The number of ether oxygens (including phenoxy) is 1. The average Bonchev–Trinajstić information content (AvgIpc) is 2.17. The van der Waals surface area contributed by atoms with Crippen LogP contribution in [0, 0.1) is 0 Å². The van der Waals surface area contributed by atoms with Crippen LogP contribution in [0.4, 0.5) is 0 Å². The lowest BCUT2D eigenvalue weighted by Crippen LogP contribution is -1.99. The molecule has 1 saturated heterocycles. The molecule has 0 bridgehead atoms. The van der Waals surface area contributed by atoms with Crippen LogP contribution >= 0.6 is 0 Å². The van der Waals surface area contributed by atoms with E-state index in [4.69, 9.17) is 0 Å². The molecule has 0 aliphatic carbocycles. The Morgan fingerprint density at radius 2 is 2.29 bits per heavy atom. The molecule has 0 N–H and O–H groups in total. The summed E-state index contributed by atoms with van der Waals surface area (Å²) in [6.07, 6.45) is 0. The van der Waals surface area contributed by atoms with Gasteiger partial charge in [0.25, 0.3) is 0 Å². The second-order valence-electron chi connectivity index (χ2n) is 1.09. The molecule has 0 saturated carbocycles. The second-order valence-corrected chi connectivity index (χ2v) is 1.09. The van der Waals surface area contributed by atoms with E-state index in [0.29, 0.717) is 0 Å². The molecule has 1 aliphatic rings. The topological polar surface area (TPSA) is 51.4 Å². The molecular formula is C3H4O4. The lowest BCUT2D eigenvalue weighted by atomic mass is 10.8. The van der Waals surface area contributed by atoms with Gasteiger partial charge in [-0.1, -0.05) is 0 Å². The normalized spacial score (nSPS) is 19.0.